The molecule has 2 nitrogen and oxygen atoms in total. The standard InChI is InChI=1S/C30H36F2O2/c1-3-5-21-6-11-23(12-7-21)25-15-17-26(34-20-25)16-10-22-8-13-24(14-9-22)27-18-19-28(33-4-2)30(32)29(27)31/h8-10,13-14,16-19,21,23,25H,3-7,11-12,15,20H2,1-2H3/b16-10+. The van der Waals surface area contributed by atoms with E-state index in [1.165, 1.54) is 44.6 Å². The maximum Gasteiger partial charge on any atom is 0.201 e. The Morgan fingerprint density at radius 3 is 2.32 bits per heavy atom. The molecule has 0 aromatic heterocycles. The largest absolute Gasteiger partial charge is 0.494 e. The maximum absolute atomic E-state index is 14.5. The second-order valence-electron chi connectivity index (χ2n) is 9.61. The number of halogens is 2. The van der Waals surface area contributed by atoms with Gasteiger partial charge in [0.05, 0.1) is 13.2 Å². The lowest BCUT2D eigenvalue weighted by atomic mass is 9.73. The molecule has 1 saturated carbocycles. The molecule has 2 aromatic carbocycles. The Hall–Kier alpha value is -2.62. The molecule has 0 amide bonds. The molecule has 4 rings (SSSR count). The fourth-order valence-electron chi connectivity index (χ4n) is 5.37. The van der Waals surface area contributed by atoms with E-state index in [0.29, 0.717) is 11.5 Å². The van der Waals surface area contributed by atoms with E-state index in [1.807, 2.05) is 24.3 Å². The third-order valence-electron chi connectivity index (χ3n) is 7.35. The minimum absolute atomic E-state index is 0.0597. The van der Waals surface area contributed by atoms with Crippen molar-refractivity contribution >= 4 is 6.08 Å². The topological polar surface area (TPSA) is 18.5 Å². The molecular formula is C30H36F2O2. The molecular weight excluding hydrogens is 430 g/mol. The SMILES string of the molecule is CCCC1CCC(C2CC=C(/C=C/c3ccc(-c4ccc(OCC)c(F)c4F)cc3)OC2)CC1. The number of hydrogen-bond donors (Lipinski definition) is 0. The van der Waals surface area contributed by atoms with Crippen LogP contribution in [0.2, 0.25) is 0 Å². The van der Waals surface area contributed by atoms with Crippen LogP contribution in [0.1, 0.15) is 64.4 Å². The van der Waals surface area contributed by atoms with Crippen molar-refractivity contribution in [3.63, 3.8) is 0 Å². The summed E-state index contributed by atoms with van der Waals surface area (Å²) in [6.07, 6.45) is 15.5. The average molecular weight is 467 g/mol. The lowest BCUT2D eigenvalue weighted by Crippen LogP contribution is -2.26. The van der Waals surface area contributed by atoms with E-state index in [4.69, 9.17) is 9.47 Å². The molecule has 0 saturated heterocycles. The monoisotopic (exact) mass is 466 g/mol. The Kier molecular flexibility index (Phi) is 8.42. The first-order valence-electron chi connectivity index (χ1n) is 12.8. The fraction of sp³-hybridized carbons (Fsp3) is 0.467. The summed E-state index contributed by atoms with van der Waals surface area (Å²) in [6.45, 7) is 5.12. The van der Waals surface area contributed by atoms with Crippen molar-refractivity contribution in [3.8, 4) is 16.9 Å². The minimum atomic E-state index is -0.947. The summed E-state index contributed by atoms with van der Waals surface area (Å²) in [7, 11) is 0. The molecule has 0 N–H and O–H groups in total. The minimum Gasteiger partial charge on any atom is -0.494 e. The van der Waals surface area contributed by atoms with Gasteiger partial charge >= 0.3 is 0 Å². The molecule has 182 valence electrons. The van der Waals surface area contributed by atoms with Gasteiger partial charge in [0.1, 0.15) is 5.76 Å². The molecule has 1 heterocycles. The maximum atomic E-state index is 14.5. The van der Waals surface area contributed by atoms with Gasteiger partial charge < -0.3 is 9.47 Å². The van der Waals surface area contributed by atoms with Gasteiger partial charge in [0.15, 0.2) is 11.6 Å². The smallest absolute Gasteiger partial charge is 0.201 e. The third-order valence-corrected chi connectivity index (χ3v) is 7.35. The first-order chi connectivity index (χ1) is 16.6. The quantitative estimate of drug-likeness (QED) is 0.388. The highest BCUT2D eigenvalue weighted by Gasteiger charge is 2.28. The summed E-state index contributed by atoms with van der Waals surface area (Å²) < 4.78 is 39.9. The van der Waals surface area contributed by atoms with Crippen LogP contribution in [0.15, 0.2) is 54.3 Å². The van der Waals surface area contributed by atoms with E-state index in [2.05, 4.69) is 13.0 Å². The summed E-state index contributed by atoms with van der Waals surface area (Å²) in [5.41, 5.74) is 1.84. The van der Waals surface area contributed by atoms with Crippen LogP contribution in [0.4, 0.5) is 8.78 Å². The van der Waals surface area contributed by atoms with Gasteiger partial charge in [-0.15, -0.1) is 0 Å². The number of rotatable bonds is 8. The highest BCUT2D eigenvalue weighted by Crippen LogP contribution is 2.38. The van der Waals surface area contributed by atoms with Crippen LogP contribution in [0, 0.1) is 29.4 Å². The van der Waals surface area contributed by atoms with Crippen LogP contribution in [-0.2, 0) is 4.74 Å². The van der Waals surface area contributed by atoms with Gasteiger partial charge in [-0.05, 0) is 79.4 Å². The van der Waals surface area contributed by atoms with E-state index < -0.39 is 11.6 Å². The molecule has 34 heavy (non-hydrogen) atoms. The summed E-state index contributed by atoms with van der Waals surface area (Å²) in [6, 6.07) is 10.4. The zero-order valence-corrected chi connectivity index (χ0v) is 20.4. The molecule has 1 unspecified atom stereocenters. The lowest BCUT2D eigenvalue weighted by Gasteiger charge is -2.35. The molecule has 0 spiro atoms. The number of allylic oxidation sites excluding steroid dienone is 2. The van der Waals surface area contributed by atoms with Crippen molar-refractivity contribution in [2.75, 3.05) is 13.2 Å². The van der Waals surface area contributed by atoms with Crippen molar-refractivity contribution < 1.29 is 18.3 Å². The summed E-state index contributed by atoms with van der Waals surface area (Å²) in [4.78, 5) is 0. The Morgan fingerprint density at radius 2 is 1.68 bits per heavy atom. The highest BCUT2D eigenvalue weighted by atomic mass is 19.2. The van der Waals surface area contributed by atoms with Crippen LogP contribution >= 0.6 is 0 Å². The first kappa shape index (κ1) is 24.5. The van der Waals surface area contributed by atoms with Crippen molar-refractivity contribution in [1.82, 2.24) is 0 Å². The predicted octanol–water partition coefficient (Wildman–Crippen LogP) is 8.57. The molecule has 1 fully saturated rings. The molecule has 2 aliphatic rings. The lowest BCUT2D eigenvalue weighted by molar-refractivity contribution is 0.0934. The van der Waals surface area contributed by atoms with Crippen LogP contribution in [0.3, 0.4) is 0 Å². The van der Waals surface area contributed by atoms with Crippen LogP contribution in [0.5, 0.6) is 5.75 Å². The Bertz CT molecular complexity index is 1000. The Labute approximate surface area is 202 Å². The van der Waals surface area contributed by atoms with Gasteiger partial charge in [-0.1, -0.05) is 62.9 Å². The zero-order chi connectivity index (χ0) is 23.9. The molecule has 1 aliphatic carbocycles. The zero-order valence-electron chi connectivity index (χ0n) is 20.4. The van der Waals surface area contributed by atoms with Gasteiger partial charge in [0.2, 0.25) is 5.82 Å². The number of benzene rings is 2. The summed E-state index contributed by atoms with van der Waals surface area (Å²) >= 11 is 0. The highest BCUT2D eigenvalue weighted by molar-refractivity contribution is 5.67. The third kappa shape index (κ3) is 5.89. The van der Waals surface area contributed by atoms with E-state index in [0.717, 1.165) is 36.2 Å². The summed E-state index contributed by atoms with van der Waals surface area (Å²) in [5, 5.41) is 0. The Balaban J connectivity index is 1.33. The van der Waals surface area contributed by atoms with Crippen LogP contribution in [-0.4, -0.2) is 13.2 Å². The second-order valence-corrected chi connectivity index (χ2v) is 9.61. The molecule has 0 radical (unpaired) electrons. The van der Waals surface area contributed by atoms with Gasteiger partial charge in [-0.3, -0.25) is 0 Å². The van der Waals surface area contributed by atoms with E-state index in [1.54, 1.807) is 25.1 Å². The van der Waals surface area contributed by atoms with Crippen molar-refractivity contribution in [2.24, 2.45) is 17.8 Å². The molecule has 1 atom stereocenters. The number of ether oxygens (including phenoxy) is 2. The molecule has 0 bridgehead atoms. The molecule has 2 aromatic rings. The van der Waals surface area contributed by atoms with Gasteiger partial charge in [0.25, 0.3) is 0 Å². The Morgan fingerprint density at radius 1 is 0.912 bits per heavy atom. The summed E-state index contributed by atoms with van der Waals surface area (Å²) in [5.74, 6) is 1.41. The van der Waals surface area contributed by atoms with Crippen LogP contribution < -0.4 is 4.74 Å². The molecule has 4 heteroatoms. The predicted molar refractivity (Wildman–Crippen MR) is 134 cm³/mol. The van der Waals surface area contributed by atoms with Crippen molar-refractivity contribution in [1.29, 1.82) is 0 Å². The van der Waals surface area contributed by atoms with Crippen molar-refractivity contribution in [2.45, 2.75) is 58.8 Å². The van der Waals surface area contributed by atoms with Gasteiger partial charge in [-0.25, -0.2) is 4.39 Å². The van der Waals surface area contributed by atoms with Gasteiger partial charge in [0, 0.05) is 5.56 Å². The average Bonchev–Trinajstić information content (AvgIpc) is 2.87. The van der Waals surface area contributed by atoms with Crippen molar-refractivity contribution in [3.05, 3.63) is 71.5 Å². The van der Waals surface area contributed by atoms with E-state index >= 15 is 0 Å². The normalized spacial score (nSPS) is 22.9. The first-order valence-corrected chi connectivity index (χ1v) is 12.8. The van der Waals surface area contributed by atoms with Gasteiger partial charge in [-0.2, -0.15) is 4.39 Å². The molecule has 1 aliphatic heterocycles. The number of hydrogen-bond acceptors (Lipinski definition) is 2. The van der Waals surface area contributed by atoms with E-state index in [-0.39, 0.29) is 17.9 Å². The van der Waals surface area contributed by atoms with E-state index in [9.17, 15) is 8.78 Å². The second kappa shape index (κ2) is 11.7. The van der Waals surface area contributed by atoms with Crippen LogP contribution in [0.25, 0.3) is 17.2 Å². The fourth-order valence-corrected chi connectivity index (χ4v) is 5.37.